The SMILES string of the molecule is CCCC1CCCC(CN)(N(C)CCN(C)C)CC1. The van der Waals surface area contributed by atoms with Crippen molar-refractivity contribution in [1.29, 1.82) is 0 Å². The van der Waals surface area contributed by atoms with Gasteiger partial charge in [-0.3, -0.25) is 4.90 Å². The maximum Gasteiger partial charge on any atom is 0.0329 e. The van der Waals surface area contributed by atoms with Gasteiger partial charge in [0, 0.05) is 25.2 Å². The molecule has 3 nitrogen and oxygen atoms in total. The molecule has 0 bridgehead atoms. The van der Waals surface area contributed by atoms with E-state index in [1.165, 1.54) is 44.9 Å². The first kappa shape index (κ1) is 16.9. The van der Waals surface area contributed by atoms with Crippen LogP contribution in [0.5, 0.6) is 0 Å². The maximum atomic E-state index is 6.18. The van der Waals surface area contributed by atoms with Crippen LogP contribution in [0.2, 0.25) is 0 Å². The predicted octanol–water partition coefficient (Wildman–Crippen LogP) is 2.56. The first-order chi connectivity index (χ1) is 9.04. The number of likely N-dealkylation sites (N-methyl/N-ethyl adjacent to an activating group) is 2. The van der Waals surface area contributed by atoms with Crippen molar-refractivity contribution in [3.63, 3.8) is 0 Å². The largest absolute Gasteiger partial charge is 0.329 e. The Morgan fingerprint density at radius 3 is 2.42 bits per heavy atom. The Balaban J connectivity index is 2.58. The van der Waals surface area contributed by atoms with E-state index >= 15 is 0 Å². The van der Waals surface area contributed by atoms with Gasteiger partial charge >= 0.3 is 0 Å². The average Bonchev–Trinajstić information content (AvgIpc) is 2.60. The van der Waals surface area contributed by atoms with E-state index in [2.05, 4.69) is 37.9 Å². The molecular formula is C16H35N3. The summed E-state index contributed by atoms with van der Waals surface area (Å²) in [7, 11) is 6.57. The molecule has 2 atom stereocenters. The molecule has 0 spiro atoms. The van der Waals surface area contributed by atoms with Gasteiger partial charge in [-0.05, 0) is 46.3 Å². The Morgan fingerprint density at radius 1 is 1.11 bits per heavy atom. The Kier molecular flexibility index (Phi) is 7.33. The quantitative estimate of drug-likeness (QED) is 0.721. The van der Waals surface area contributed by atoms with Crippen LogP contribution in [0.15, 0.2) is 0 Å². The van der Waals surface area contributed by atoms with E-state index in [1.807, 2.05) is 0 Å². The topological polar surface area (TPSA) is 32.5 Å². The van der Waals surface area contributed by atoms with Crippen molar-refractivity contribution in [2.75, 3.05) is 40.8 Å². The van der Waals surface area contributed by atoms with Crippen LogP contribution in [0.4, 0.5) is 0 Å². The fourth-order valence-electron chi connectivity index (χ4n) is 3.49. The Bertz CT molecular complexity index is 242. The van der Waals surface area contributed by atoms with E-state index in [4.69, 9.17) is 5.73 Å². The number of hydrogen-bond acceptors (Lipinski definition) is 3. The van der Waals surface area contributed by atoms with Crippen LogP contribution < -0.4 is 5.73 Å². The smallest absolute Gasteiger partial charge is 0.0329 e. The van der Waals surface area contributed by atoms with Crippen molar-refractivity contribution in [3.05, 3.63) is 0 Å². The molecule has 1 aliphatic rings. The van der Waals surface area contributed by atoms with Gasteiger partial charge in [-0.15, -0.1) is 0 Å². The zero-order valence-electron chi connectivity index (χ0n) is 13.6. The maximum absolute atomic E-state index is 6.18. The molecule has 1 saturated carbocycles. The predicted molar refractivity (Wildman–Crippen MR) is 84.5 cm³/mol. The standard InChI is InChI=1S/C16H35N3/c1-5-7-15-8-6-10-16(14-17,11-9-15)19(4)13-12-18(2)3/h15H,5-14,17H2,1-4H3. The van der Waals surface area contributed by atoms with Crippen LogP contribution in [0.25, 0.3) is 0 Å². The third-order valence-electron chi connectivity index (χ3n) is 5.04. The summed E-state index contributed by atoms with van der Waals surface area (Å²) in [5, 5.41) is 0. The summed E-state index contributed by atoms with van der Waals surface area (Å²) in [6.07, 6.45) is 9.45. The highest BCUT2D eigenvalue weighted by molar-refractivity contribution is 4.93. The van der Waals surface area contributed by atoms with Gasteiger partial charge in [-0.25, -0.2) is 0 Å². The van der Waals surface area contributed by atoms with E-state index in [0.29, 0.717) is 0 Å². The minimum Gasteiger partial charge on any atom is -0.329 e. The third-order valence-corrected chi connectivity index (χ3v) is 5.04. The van der Waals surface area contributed by atoms with Gasteiger partial charge in [-0.2, -0.15) is 0 Å². The summed E-state index contributed by atoms with van der Waals surface area (Å²) in [6.45, 7) is 5.37. The number of hydrogen-bond donors (Lipinski definition) is 1. The monoisotopic (exact) mass is 269 g/mol. The summed E-state index contributed by atoms with van der Waals surface area (Å²) in [4.78, 5) is 4.80. The molecule has 0 saturated heterocycles. The van der Waals surface area contributed by atoms with Crippen LogP contribution in [-0.4, -0.2) is 56.1 Å². The lowest BCUT2D eigenvalue weighted by Gasteiger charge is -2.41. The van der Waals surface area contributed by atoms with Gasteiger partial charge in [0.25, 0.3) is 0 Å². The van der Waals surface area contributed by atoms with E-state index in [-0.39, 0.29) is 5.54 Å². The van der Waals surface area contributed by atoms with Crippen molar-refractivity contribution in [3.8, 4) is 0 Å². The Morgan fingerprint density at radius 2 is 1.84 bits per heavy atom. The molecular weight excluding hydrogens is 234 g/mol. The lowest BCUT2D eigenvalue weighted by molar-refractivity contribution is 0.0978. The normalized spacial score (nSPS) is 28.9. The molecule has 1 fully saturated rings. The summed E-state index contributed by atoms with van der Waals surface area (Å²) in [5.74, 6) is 0.945. The minimum absolute atomic E-state index is 0.262. The number of nitrogens with zero attached hydrogens (tertiary/aromatic N) is 2. The van der Waals surface area contributed by atoms with Crippen molar-refractivity contribution in [2.45, 2.75) is 57.4 Å². The van der Waals surface area contributed by atoms with Crippen molar-refractivity contribution in [2.24, 2.45) is 11.7 Å². The average molecular weight is 269 g/mol. The summed E-state index contributed by atoms with van der Waals surface area (Å²) < 4.78 is 0. The van der Waals surface area contributed by atoms with E-state index in [1.54, 1.807) is 0 Å². The lowest BCUT2D eigenvalue weighted by atomic mass is 9.87. The minimum atomic E-state index is 0.262. The molecule has 0 aromatic carbocycles. The van der Waals surface area contributed by atoms with Crippen LogP contribution >= 0.6 is 0 Å². The molecule has 0 aromatic rings. The van der Waals surface area contributed by atoms with E-state index in [0.717, 1.165) is 25.6 Å². The molecule has 0 amide bonds. The van der Waals surface area contributed by atoms with Crippen molar-refractivity contribution in [1.82, 2.24) is 9.80 Å². The lowest BCUT2D eigenvalue weighted by Crippen LogP contribution is -2.53. The molecule has 0 aliphatic heterocycles. The van der Waals surface area contributed by atoms with Crippen LogP contribution in [-0.2, 0) is 0 Å². The second-order valence-electron chi connectivity index (χ2n) is 6.74. The van der Waals surface area contributed by atoms with Crippen LogP contribution in [0.3, 0.4) is 0 Å². The molecule has 114 valence electrons. The highest BCUT2D eigenvalue weighted by atomic mass is 15.2. The zero-order valence-corrected chi connectivity index (χ0v) is 13.6. The molecule has 0 radical (unpaired) electrons. The van der Waals surface area contributed by atoms with Crippen LogP contribution in [0.1, 0.15) is 51.9 Å². The molecule has 2 N–H and O–H groups in total. The van der Waals surface area contributed by atoms with Crippen LogP contribution in [0, 0.1) is 5.92 Å². The summed E-state index contributed by atoms with van der Waals surface area (Å²) >= 11 is 0. The van der Waals surface area contributed by atoms with Crippen molar-refractivity contribution >= 4 is 0 Å². The molecule has 1 aliphatic carbocycles. The summed E-state index contributed by atoms with van der Waals surface area (Å²) in [6, 6.07) is 0. The van der Waals surface area contributed by atoms with E-state index in [9.17, 15) is 0 Å². The van der Waals surface area contributed by atoms with Gasteiger partial charge in [-0.1, -0.05) is 32.6 Å². The van der Waals surface area contributed by atoms with Gasteiger partial charge in [0.05, 0.1) is 0 Å². The third kappa shape index (κ3) is 5.05. The second kappa shape index (κ2) is 8.23. The fraction of sp³-hybridized carbons (Fsp3) is 1.00. The van der Waals surface area contributed by atoms with Gasteiger partial charge < -0.3 is 10.6 Å². The number of rotatable bonds is 7. The first-order valence-corrected chi connectivity index (χ1v) is 8.10. The molecule has 1 rings (SSSR count). The van der Waals surface area contributed by atoms with E-state index < -0.39 is 0 Å². The van der Waals surface area contributed by atoms with Gasteiger partial charge in [0.1, 0.15) is 0 Å². The first-order valence-electron chi connectivity index (χ1n) is 8.10. The molecule has 19 heavy (non-hydrogen) atoms. The van der Waals surface area contributed by atoms with Crippen molar-refractivity contribution < 1.29 is 0 Å². The highest BCUT2D eigenvalue weighted by Crippen LogP contribution is 2.35. The molecule has 0 heterocycles. The molecule has 2 unspecified atom stereocenters. The highest BCUT2D eigenvalue weighted by Gasteiger charge is 2.35. The summed E-state index contributed by atoms with van der Waals surface area (Å²) in [5.41, 5.74) is 6.44. The fourth-order valence-corrected chi connectivity index (χ4v) is 3.49. The Hall–Kier alpha value is -0.120. The zero-order chi connectivity index (χ0) is 14.3. The van der Waals surface area contributed by atoms with Gasteiger partial charge in [0.2, 0.25) is 0 Å². The Labute approximate surface area is 120 Å². The molecule has 0 aromatic heterocycles. The number of nitrogens with two attached hydrogens (primary N) is 1. The molecule has 3 heteroatoms. The second-order valence-corrected chi connectivity index (χ2v) is 6.74. The van der Waals surface area contributed by atoms with Gasteiger partial charge in [0.15, 0.2) is 0 Å².